The van der Waals surface area contributed by atoms with Crippen molar-refractivity contribution in [2.75, 3.05) is 6.61 Å². The normalized spacial score (nSPS) is 11.5. The van der Waals surface area contributed by atoms with Crippen molar-refractivity contribution in [2.24, 2.45) is 5.14 Å². The van der Waals surface area contributed by atoms with Gasteiger partial charge in [0.1, 0.15) is 10.6 Å². The Hall–Kier alpha value is -1.34. The summed E-state index contributed by atoms with van der Waals surface area (Å²) in [5.41, 5.74) is 0.217. The number of carbonyl (C=O) groups is 1. The molecule has 0 saturated heterocycles. The lowest BCUT2D eigenvalue weighted by atomic mass is 10.4. The van der Waals surface area contributed by atoms with Crippen LogP contribution in [0.15, 0.2) is 17.2 Å². The summed E-state index contributed by atoms with van der Waals surface area (Å²) in [5.74, 6) is -0.528. The Morgan fingerprint density at radius 3 is 2.56 bits per heavy atom. The van der Waals surface area contributed by atoms with Crippen molar-refractivity contribution in [1.82, 2.24) is 4.57 Å². The minimum atomic E-state index is -3.81. The number of ether oxygens (including phenoxy) is 1. The molecule has 0 bridgehead atoms. The molecule has 0 saturated carbocycles. The molecule has 7 heteroatoms. The van der Waals surface area contributed by atoms with Gasteiger partial charge in [-0.05, 0) is 18.9 Å². The zero-order valence-electron chi connectivity index (χ0n) is 10.5. The Kier molecular flexibility index (Phi) is 4.92. The third-order valence-electron chi connectivity index (χ3n) is 2.31. The van der Waals surface area contributed by atoms with Crippen molar-refractivity contribution in [3.05, 3.63) is 18.0 Å². The number of hydrogen-bond donors (Lipinski definition) is 1. The van der Waals surface area contributed by atoms with Crippen LogP contribution in [0.1, 0.15) is 37.2 Å². The number of aromatic nitrogens is 1. The van der Waals surface area contributed by atoms with E-state index >= 15 is 0 Å². The first-order valence-corrected chi connectivity index (χ1v) is 7.34. The van der Waals surface area contributed by atoms with Gasteiger partial charge in [0.05, 0.1) is 6.61 Å². The molecule has 0 aliphatic heterocycles. The fourth-order valence-corrected chi connectivity index (χ4v) is 2.05. The highest BCUT2D eigenvalue weighted by atomic mass is 32.2. The second kappa shape index (κ2) is 6.01. The van der Waals surface area contributed by atoms with Crippen molar-refractivity contribution in [1.29, 1.82) is 0 Å². The van der Waals surface area contributed by atoms with E-state index in [9.17, 15) is 13.2 Å². The molecule has 0 aliphatic rings. The maximum atomic E-state index is 11.8. The summed E-state index contributed by atoms with van der Waals surface area (Å²) in [6.45, 7) is 4.65. The lowest BCUT2D eigenvalue weighted by Crippen LogP contribution is -2.12. The third-order valence-corrected chi connectivity index (χ3v) is 3.19. The molecule has 102 valence electrons. The molecule has 0 aliphatic carbocycles. The van der Waals surface area contributed by atoms with Crippen LogP contribution in [-0.2, 0) is 21.3 Å². The van der Waals surface area contributed by atoms with Crippen molar-refractivity contribution in [3.63, 3.8) is 0 Å². The first-order chi connectivity index (χ1) is 8.40. The van der Waals surface area contributed by atoms with Crippen LogP contribution < -0.4 is 5.14 Å². The maximum absolute atomic E-state index is 11.8. The van der Waals surface area contributed by atoms with Crippen LogP contribution in [0.25, 0.3) is 0 Å². The number of aryl methyl sites for hydroxylation is 1. The van der Waals surface area contributed by atoms with E-state index in [-0.39, 0.29) is 10.6 Å². The Morgan fingerprint density at radius 1 is 1.39 bits per heavy atom. The van der Waals surface area contributed by atoms with E-state index in [4.69, 9.17) is 9.88 Å². The Bertz CT molecular complexity index is 519. The fourth-order valence-electron chi connectivity index (χ4n) is 1.50. The topological polar surface area (TPSA) is 91.4 Å². The van der Waals surface area contributed by atoms with Gasteiger partial charge in [0, 0.05) is 12.7 Å². The van der Waals surface area contributed by atoms with Gasteiger partial charge in [0.15, 0.2) is 0 Å². The maximum Gasteiger partial charge on any atom is 0.354 e. The quantitative estimate of drug-likeness (QED) is 0.787. The molecule has 1 aromatic heterocycles. The van der Waals surface area contributed by atoms with Gasteiger partial charge in [0.2, 0.25) is 10.0 Å². The highest BCUT2D eigenvalue weighted by molar-refractivity contribution is 7.89. The van der Waals surface area contributed by atoms with E-state index in [1.165, 1.54) is 12.3 Å². The molecule has 0 radical (unpaired) electrons. The SMILES string of the molecule is CCCOC(=O)c1cc(S(N)(=O)=O)cn1CCC. The first-order valence-electron chi connectivity index (χ1n) is 5.80. The van der Waals surface area contributed by atoms with Gasteiger partial charge in [-0.1, -0.05) is 13.8 Å². The molecule has 0 amide bonds. The monoisotopic (exact) mass is 274 g/mol. The number of nitrogens with zero attached hydrogens (tertiary/aromatic N) is 1. The van der Waals surface area contributed by atoms with E-state index in [2.05, 4.69) is 0 Å². The van der Waals surface area contributed by atoms with Gasteiger partial charge in [-0.25, -0.2) is 18.4 Å². The minimum absolute atomic E-state index is 0.0700. The molecular weight excluding hydrogens is 256 g/mol. The summed E-state index contributed by atoms with van der Waals surface area (Å²) in [6, 6.07) is 1.25. The highest BCUT2D eigenvalue weighted by Gasteiger charge is 2.19. The molecule has 1 aromatic rings. The van der Waals surface area contributed by atoms with Crippen molar-refractivity contribution in [3.8, 4) is 0 Å². The van der Waals surface area contributed by atoms with E-state index in [1.807, 2.05) is 13.8 Å². The third kappa shape index (κ3) is 3.58. The molecule has 2 N–H and O–H groups in total. The molecule has 6 nitrogen and oxygen atoms in total. The zero-order chi connectivity index (χ0) is 13.8. The average Bonchev–Trinajstić information content (AvgIpc) is 2.70. The van der Waals surface area contributed by atoms with Crippen LogP contribution >= 0.6 is 0 Å². The summed E-state index contributed by atoms with van der Waals surface area (Å²) < 4.78 is 29.1. The van der Waals surface area contributed by atoms with E-state index < -0.39 is 16.0 Å². The Labute approximate surface area is 107 Å². The van der Waals surface area contributed by atoms with Crippen LogP contribution in [-0.4, -0.2) is 25.6 Å². The molecule has 0 unspecified atom stereocenters. The number of esters is 1. The molecule has 0 atom stereocenters. The van der Waals surface area contributed by atoms with Crippen LogP contribution in [0.4, 0.5) is 0 Å². The average molecular weight is 274 g/mol. The summed E-state index contributed by atoms with van der Waals surface area (Å²) in [6.07, 6.45) is 2.84. The lowest BCUT2D eigenvalue weighted by Gasteiger charge is -2.06. The fraction of sp³-hybridized carbons (Fsp3) is 0.545. The highest BCUT2D eigenvalue weighted by Crippen LogP contribution is 2.15. The molecule has 0 spiro atoms. The molecule has 1 rings (SSSR count). The lowest BCUT2D eigenvalue weighted by molar-refractivity contribution is 0.0492. The first kappa shape index (κ1) is 14.7. The van der Waals surface area contributed by atoms with Crippen molar-refractivity contribution < 1.29 is 17.9 Å². The zero-order valence-corrected chi connectivity index (χ0v) is 11.4. The van der Waals surface area contributed by atoms with E-state index in [0.29, 0.717) is 19.6 Å². The predicted molar refractivity (Wildman–Crippen MR) is 66.7 cm³/mol. The van der Waals surface area contributed by atoms with Gasteiger partial charge in [-0.15, -0.1) is 0 Å². The summed E-state index contributed by atoms with van der Waals surface area (Å²) in [5, 5.41) is 5.04. The Morgan fingerprint density at radius 2 is 2.06 bits per heavy atom. The summed E-state index contributed by atoms with van der Waals surface area (Å²) in [7, 11) is -3.81. The Balaban J connectivity index is 3.08. The number of carbonyl (C=O) groups excluding carboxylic acids is 1. The number of rotatable bonds is 6. The number of primary sulfonamides is 1. The van der Waals surface area contributed by atoms with Gasteiger partial charge in [-0.3, -0.25) is 0 Å². The number of nitrogens with two attached hydrogens (primary N) is 1. The largest absolute Gasteiger partial charge is 0.461 e. The van der Waals surface area contributed by atoms with Gasteiger partial charge in [-0.2, -0.15) is 0 Å². The van der Waals surface area contributed by atoms with E-state index in [0.717, 1.165) is 6.42 Å². The summed E-state index contributed by atoms with van der Waals surface area (Å²) in [4.78, 5) is 11.7. The second-order valence-corrected chi connectivity index (χ2v) is 5.50. The van der Waals surface area contributed by atoms with Gasteiger partial charge in [0.25, 0.3) is 0 Å². The molecule has 18 heavy (non-hydrogen) atoms. The van der Waals surface area contributed by atoms with Crippen LogP contribution in [0.5, 0.6) is 0 Å². The smallest absolute Gasteiger partial charge is 0.354 e. The standard InChI is InChI=1S/C11H18N2O4S/c1-3-5-13-8-9(18(12,15)16)7-10(13)11(14)17-6-4-2/h7-8H,3-6H2,1-2H3,(H2,12,15,16). The van der Waals surface area contributed by atoms with Crippen LogP contribution in [0.3, 0.4) is 0 Å². The van der Waals surface area contributed by atoms with Crippen molar-refractivity contribution >= 4 is 16.0 Å². The molecule has 1 heterocycles. The molecular formula is C11H18N2O4S. The van der Waals surface area contributed by atoms with Crippen LogP contribution in [0.2, 0.25) is 0 Å². The van der Waals surface area contributed by atoms with E-state index in [1.54, 1.807) is 4.57 Å². The number of hydrogen-bond acceptors (Lipinski definition) is 4. The van der Waals surface area contributed by atoms with Crippen molar-refractivity contribution in [2.45, 2.75) is 38.1 Å². The minimum Gasteiger partial charge on any atom is -0.461 e. The molecule has 0 fully saturated rings. The molecule has 0 aromatic carbocycles. The predicted octanol–water partition coefficient (Wildman–Crippen LogP) is 1.11. The second-order valence-electron chi connectivity index (χ2n) is 3.94. The van der Waals surface area contributed by atoms with Gasteiger partial charge < -0.3 is 9.30 Å². The number of sulfonamides is 1. The van der Waals surface area contributed by atoms with Gasteiger partial charge >= 0.3 is 5.97 Å². The van der Waals surface area contributed by atoms with Crippen LogP contribution in [0, 0.1) is 0 Å². The summed E-state index contributed by atoms with van der Waals surface area (Å²) >= 11 is 0.